The standard InChI is InChI=1S/C10H9F3N2O2/c11-10(12,13)7-1-2-9(17)15(5-7)6-8(16)3-4-14/h1-2,5,8,16H,3,6H2/t8-/m1/s1. The maximum absolute atomic E-state index is 12.4. The third kappa shape index (κ3) is 3.60. The summed E-state index contributed by atoms with van der Waals surface area (Å²) in [6.07, 6.45) is -5.33. The zero-order valence-electron chi connectivity index (χ0n) is 8.61. The second-order valence-electron chi connectivity index (χ2n) is 3.42. The van der Waals surface area contributed by atoms with Gasteiger partial charge < -0.3 is 9.67 Å². The Hall–Kier alpha value is -1.81. The minimum absolute atomic E-state index is 0.247. The van der Waals surface area contributed by atoms with Crippen molar-refractivity contribution in [1.29, 1.82) is 5.26 Å². The molecule has 0 fully saturated rings. The van der Waals surface area contributed by atoms with Crippen molar-refractivity contribution in [1.82, 2.24) is 4.57 Å². The van der Waals surface area contributed by atoms with E-state index >= 15 is 0 Å². The fourth-order valence-corrected chi connectivity index (χ4v) is 1.24. The van der Waals surface area contributed by atoms with Gasteiger partial charge in [0.25, 0.3) is 5.56 Å². The number of aliphatic hydroxyl groups excluding tert-OH is 1. The van der Waals surface area contributed by atoms with Gasteiger partial charge >= 0.3 is 6.18 Å². The maximum Gasteiger partial charge on any atom is 0.417 e. The van der Waals surface area contributed by atoms with E-state index in [4.69, 9.17) is 5.26 Å². The Morgan fingerprint density at radius 1 is 1.47 bits per heavy atom. The van der Waals surface area contributed by atoms with Crippen LogP contribution in [0.15, 0.2) is 23.1 Å². The Labute approximate surface area is 94.5 Å². The van der Waals surface area contributed by atoms with E-state index < -0.39 is 23.4 Å². The van der Waals surface area contributed by atoms with Crippen LogP contribution in [0.2, 0.25) is 0 Å². The van der Waals surface area contributed by atoms with E-state index in [1.165, 1.54) is 0 Å². The van der Waals surface area contributed by atoms with Crippen LogP contribution in [0.5, 0.6) is 0 Å². The van der Waals surface area contributed by atoms with E-state index in [9.17, 15) is 23.1 Å². The van der Waals surface area contributed by atoms with Gasteiger partial charge in [-0.1, -0.05) is 0 Å². The van der Waals surface area contributed by atoms with Crippen LogP contribution in [0.3, 0.4) is 0 Å². The highest BCUT2D eigenvalue weighted by Crippen LogP contribution is 2.28. The zero-order valence-corrected chi connectivity index (χ0v) is 8.61. The van der Waals surface area contributed by atoms with E-state index in [0.29, 0.717) is 12.3 Å². The van der Waals surface area contributed by atoms with Crippen LogP contribution < -0.4 is 5.56 Å². The molecule has 92 valence electrons. The average molecular weight is 246 g/mol. The third-order valence-corrected chi connectivity index (χ3v) is 2.05. The number of pyridine rings is 1. The van der Waals surface area contributed by atoms with Crippen molar-refractivity contribution in [2.45, 2.75) is 25.2 Å². The highest BCUT2D eigenvalue weighted by Gasteiger charge is 2.31. The van der Waals surface area contributed by atoms with Gasteiger partial charge in [0.2, 0.25) is 0 Å². The monoisotopic (exact) mass is 246 g/mol. The predicted octanol–water partition coefficient (Wildman–Crippen LogP) is 1.14. The van der Waals surface area contributed by atoms with Crippen LogP contribution >= 0.6 is 0 Å². The molecule has 0 spiro atoms. The molecule has 4 nitrogen and oxygen atoms in total. The molecule has 0 aliphatic heterocycles. The van der Waals surface area contributed by atoms with E-state index in [0.717, 1.165) is 10.6 Å². The molecular weight excluding hydrogens is 237 g/mol. The molecule has 17 heavy (non-hydrogen) atoms. The fourth-order valence-electron chi connectivity index (χ4n) is 1.24. The first-order chi connectivity index (χ1) is 7.84. The molecule has 1 N–H and O–H groups in total. The SMILES string of the molecule is N#CC[C@@H](O)Cn1cc(C(F)(F)F)ccc1=O. The molecule has 0 radical (unpaired) electrons. The smallest absolute Gasteiger partial charge is 0.390 e. The van der Waals surface area contributed by atoms with Gasteiger partial charge in [-0.3, -0.25) is 4.79 Å². The Bertz CT molecular complexity index is 488. The Morgan fingerprint density at radius 2 is 2.12 bits per heavy atom. The van der Waals surface area contributed by atoms with Crippen molar-refractivity contribution in [2.24, 2.45) is 0 Å². The molecule has 0 unspecified atom stereocenters. The summed E-state index contributed by atoms with van der Waals surface area (Å²) in [5.74, 6) is 0. The van der Waals surface area contributed by atoms with Crippen molar-refractivity contribution in [2.75, 3.05) is 0 Å². The summed E-state index contributed by atoms with van der Waals surface area (Å²) in [7, 11) is 0. The third-order valence-electron chi connectivity index (χ3n) is 2.05. The topological polar surface area (TPSA) is 66.0 Å². The van der Waals surface area contributed by atoms with Gasteiger partial charge in [-0.05, 0) is 6.07 Å². The molecule has 1 aromatic rings. The summed E-state index contributed by atoms with van der Waals surface area (Å²) < 4.78 is 37.8. The summed E-state index contributed by atoms with van der Waals surface area (Å²) in [6, 6.07) is 3.12. The predicted molar refractivity (Wildman–Crippen MR) is 51.9 cm³/mol. The lowest BCUT2D eigenvalue weighted by Gasteiger charge is -2.12. The number of nitrogens with zero attached hydrogens (tertiary/aromatic N) is 2. The summed E-state index contributed by atoms with van der Waals surface area (Å²) in [5.41, 5.74) is -1.63. The summed E-state index contributed by atoms with van der Waals surface area (Å²) in [4.78, 5) is 11.2. The highest BCUT2D eigenvalue weighted by atomic mass is 19.4. The van der Waals surface area contributed by atoms with Gasteiger partial charge in [-0.2, -0.15) is 18.4 Å². The highest BCUT2D eigenvalue weighted by molar-refractivity contribution is 5.13. The number of hydrogen-bond acceptors (Lipinski definition) is 3. The minimum Gasteiger partial charge on any atom is -0.390 e. The maximum atomic E-state index is 12.4. The van der Waals surface area contributed by atoms with Crippen molar-refractivity contribution >= 4 is 0 Å². The lowest BCUT2D eigenvalue weighted by molar-refractivity contribution is -0.138. The largest absolute Gasteiger partial charge is 0.417 e. The van der Waals surface area contributed by atoms with Crippen LogP contribution in [0, 0.1) is 11.3 Å². The van der Waals surface area contributed by atoms with Gasteiger partial charge in [0.1, 0.15) is 0 Å². The van der Waals surface area contributed by atoms with Gasteiger partial charge in [0.05, 0.1) is 30.7 Å². The van der Waals surface area contributed by atoms with Crippen LogP contribution in [0.25, 0.3) is 0 Å². The number of aromatic nitrogens is 1. The van der Waals surface area contributed by atoms with Crippen molar-refractivity contribution in [3.05, 3.63) is 34.2 Å². The molecular formula is C10H9F3N2O2. The number of aliphatic hydroxyl groups is 1. The second-order valence-corrected chi connectivity index (χ2v) is 3.42. The molecule has 0 amide bonds. The quantitative estimate of drug-likeness (QED) is 0.869. The minimum atomic E-state index is -4.55. The van der Waals surface area contributed by atoms with E-state index in [1.54, 1.807) is 6.07 Å². The van der Waals surface area contributed by atoms with E-state index in [2.05, 4.69) is 0 Å². The molecule has 0 aliphatic rings. The molecule has 1 rings (SSSR count). The fraction of sp³-hybridized carbons (Fsp3) is 0.400. The number of rotatable bonds is 3. The van der Waals surface area contributed by atoms with Crippen molar-refractivity contribution in [3.8, 4) is 6.07 Å². The first kappa shape index (κ1) is 13.3. The second kappa shape index (κ2) is 5.01. The molecule has 1 heterocycles. The average Bonchev–Trinajstić information content (AvgIpc) is 2.20. The zero-order chi connectivity index (χ0) is 13.1. The van der Waals surface area contributed by atoms with Gasteiger partial charge in [0, 0.05) is 12.3 Å². The molecule has 0 bridgehead atoms. The van der Waals surface area contributed by atoms with Crippen molar-refractivity contribution < 1.29 is 18.3 Å². The van der Waals surface area contributed by atoms with Crippen LogP contribution in [-0.4, -0.2) is 15.8 Å². The Kier molecular flexibility index (Phi) is 3.91. The summed E-state index contributed by atoms with van der Waals surface area (Å²) in [5, 5.41) is 17.5. The molecule has 1 aromatic heterocycles. The molecule has 0 saturated carbocycles. The Morgan fingerprint density at radius 3 is 2.65 bits per heavy atom. The summed E-state index contributed by atoms with van der Waals surface area (Å²) >= 11 is 0. The Balaban J connectivity index is 3.00. The molecule has 1 atom stereocenters. The normalized spacial score (nSPS) is 13.1. The molecule has 0 aliphatic carbocycles. The molecule has 0 aromatic carbocycles. The summed E-state index contributed by atoms with van der Waals surface area (Å²) in [6.45, 7) is -0.337. The van der Waals surface area contributed by atoms with E-state index in [-0.39, 0.29) is 13.0 Å². The van der Waals surface area contributed by atoms with E-state index in [1.807, 2.05) is 0 Å². The molecule has 0 saturated heterocycles. The van der Waals surface area contributed by atoms with Gasteiger partial charge in [0.15, 0.2) is 0 Å². The number of hydrogen-bond donors (Lipinski definition) is 1. The van der Waals surface area contributed by atoms with Crippen LogP contribution in [0.4, 0.5) is 13.2 Å². The van der Waals surface area contributed by atoms with Crippen LogP contribution in [0.1, 0.15) is 12.0 Å². The van der Waals surface area contributed by atoms with Gasteiger partial charge in [-0.15, -0.1) is 0 Å². The first-order valence-electron chi connectivity index (χ1n) is 4.67. The van der Waals surface area contributed by atoms with Gasteiger partial charge in [-0.25, -0.2) is 0 Å². The first-order valence-corrected chi connectivity index (χ1v) is 4.67. The van der Waals surface area contributed by atoms with Crippen LogP contribution in [-0.2, 0) is 12.7 Å². The lowest BCUT2D eigenvalue weighted by atomic mass is 10.2. The molecule has 7 heteroatoms. The number of halogens is 3. The van der Waals surface area contributed by atoms with Crippen molar-refractivity contribution in [3.63, 3.8) is 0 Å². The number of nitriles is 1. The lowest BCUT2D eigenvalue weighted by Crippen LogP contribution is -2.27. The number of alkyl halides is 3.